The van der Waals surface area contributed by atoms with Crippen LogP contribution in [0.3, 0.4) is 0 Å². The molecule has 1 fully saturated rings. The number of imidazole rings is 1. The first-order valence-electron chi connectivity index (χ1n) is 5.40. The van der Waals surface area contributed by atoms with Crippen molar-refractivity contribution in [3.8, 4) is 5.75 Å². The number of rotatable bonds is 1. The molecule has 1 aliphatic rings. The van der Waals surface area contributed by atoms with E-state index in [9.17, 15) is 9.90 Å². The van der Waals surface area contributed by atoms with E-state index < -0.39 is 0 Å². The lowest BCUT2D eigenvalue weighted by atomic mass is 10.2. The summed E-state index contributed by atoms with van der Waals surface area (Å²) in [5.41, 5.74) is 1.16. The second-order valence-electron chi connectivity index (χ2n) is 4.12. The molecule has 5 heteroatoms. The molecule has 0 bridgehead atoms. The zero-order chi connectivity index (χ0) is 11.1. The Kier molecular flexibility index (Phi) is 2.00. The number of phenols is 1. The fourth-order valence-corrected chi connectivity index (χ4v) is 2.37. The van der Waals surface area contributed by atoms with Gasteiger partial charge in [-0.1, -0.05) is 6.07 Å². The molecular formula is C11H13N3O2. The normalized spacial score (nSPS) is 20.6. The van der Waals surface area contributed by atoms with Crippen LogP contribution in [0.15, 0.2) is 23.0 Å². The summed E-state index contributed by atoms with van der Waals surface area (Å²) in [6.07, 6.45) is 0.918. The average Bonchev–Trinajstić information content (AvgIpc) is 2.84. The van der Waals surface area contributed by atoms with E-state index in [-0.39, 0.29) is 17.5 Å². The predicted octanol–water partition coefficient (Wildman–Crippen LogP) is 0.570. The minimum atomic E-state index is -0.148. The van der Waals surface area contributed by atoms with Gasteiger partial charge in [0.25, 0.3) is 0 Å². The third-order valence-electron chi connectivity index (χ3n) is 3.12. The van der Waals surface area contributed by atoms with Gasteiger partial charge < -0.3 is 15.4 Å². The van der Waals surface area contributed by atoms with Crippen LogP contribution in [0.4, 0.5) is 0 Å². The molecule has 1 aromatic heterocycles. The smallest absolute Gasteiger partial charge is 0.326 e. The lowest BCUT2D eigenvalue weighted by Crippen LogP contribution is -2.23. The van der Waals surface area contributed by atoms with Crippen LogP contribution >= 0.6 is 0 Å². The second-order valence-corrected chi connectivity index (χ2v) is 4.12. The molecule has 0 spiro atoms. The average molecular weight is 219 g/mol. The number of H-pyrrole nitrogens is 1. The monoisotopic (exact) mass is 219 g/mol. The molecule has 0 aliphatic carbocycles. The molecule has 5 nitrogen and oxygen atoms in total. The number of hydrogen-bond donors (Lipinski definition) is 3. The third-order valence-corrected chi connectivity index (χ3v) is 3.12. The maximum atomic E-state index is 11.8. The number of aromatic nitrogens is 2. The van der Waals surface area contributed by atoms with E-state index in [2.05, 4.69) is 10.3 Å². The van der Waals surface area contributed by atoms with Crippen LogP contribution in [0.5, 0.6) is 5.75 Å². The first-order chi connectivity index (χ1) is 7.77. The first-order valence-corrected chi connectivity index (χ1v) is 5.40. The summed E-state index contributed by atoms with van der Waals surface area (Å²) in [4.78, 5) is 14.6. The zero-order valence-corrected chi connectivity index (χ0v) is 8.73. The maximum Gasteiger partial charge on any atom is 0.326 e. The van der Waals surface area contributed by atoms with E-state index in [1.165, 1.54) is 0 Å². The summed E-state index contributed by atoms with van der Waals surface area (Å²) < 4.78 is 1.66. The van der Waals surface area contributed by atoms with Gasteiger partial charge in [-0.15, -0.1) is 0 Å². The number of hydrogen-bond acceptors (Lipinski definition) is 3. The molecule has 16 heavy (non-hydrogen) atoms. The van der Waals surface area contributed by atoms with E-state index >= 15 is 0 Å². The van der Waals surface area contributed by atoms with Gasteiger partial charge in [-0.25, -0.2) is 4.79 Å². The van der Waals surface area contributed by atoms with Crippen molar-refractivity contribution in [1.29, 1.82) is 0 Å². The number of nitrogens with one attached hydrogen (secondary N) is 2. The highest BCUT2D eigenvalue weighted by Gasteiger charge is 2.22. The predicted molar refractivity (Wildman–Crippen MR) is 60.7 cm³/mol. The summed E-state index contributed by atoms with van der Waals surface area (Å²) >= 11 is 0. The number of aromatic hydroxyl groups is 1. The van der Waals surface area contributed by atoms with Crippen molar-refractivity contribution in [1.82, 2.24) is 14.9 Å². The Hall–Kier alpha value is -1.75. The number of phenolic OH excluding ortho intramolecular Hbond substituents is 1. The van der Waals surface area contributed by atoms with E-state index in [0.29, 0.717) is 11.0 Å². The summed E-state index contributed by atoms with van der Waals surface area (Å²) in [5.74, 6) is 0.155. The van der Waals surface area contributed by atoms with Crippen LogP contribution in [-0.4, -0.2) is 27.7 Å². The molecule has 84 valence electrons. The largest absolute Gasteiger partial charge is 0.506 e. The standard InChI is InChI=1S/C11H13N3O2/c15-9-3-1-2-8-10(9)14(11(16)13-8)7-4-5-12-6-7/h1-3,7,12,15H,4-6H2,(H,13,16). The Morgan fingerprint density at radius 3 is 3.06 bits per heavy atom. The molecule has 0 radical (unpaired) electrons. The van der Waals surface area contributed by atoms with Crippen molar-refractivity contribution in [2.75, 3.05) is 13.1 Å². The number of fused-ring (bicyclic) bond motifs is 1. The molecule has 0 amide bonds. The maximum absolute atomic E-state index is 11.8. The van der Waals surface area contributed by atoms with E-state index in [1.807, 2.05) is 0 Å². The van der Waals surface area contributed by atoms with E-state index in [4.69, 9.17) is 0 Å². The molecule has 2 aromatic rings. The van der Waals surface area contributed by atoms with Gasteiger partial charge >= 0.3 is 5.69 Å². The molecule has 0 saturated carbocycles. The minimum absolute atomic E-state index is 0.134. The van der Waals surface area contributed by atoms with E-state index in [1.54, 1.807) is 22.8 Å². The number of aromatic amines is 1. The molecule has 2 heterocycles. The van der Waals surface area contributed by atoms with Crippen LogP contribution in [-0.2, 0) is 0 Å². The van der Waals surface area contributed by atoms with Gasteiger partial charge in [-0.05, 0) is 25.1 Å². The van der Waals surface area contributed by atoms with Crippen LogP contribution in [0.25, 0.3) is 11.0 Å². The van der Waals surface area contributed by atoms with Crippen LogP contribution in [0, 0.1) is 0 Å². The Balaban J connectivity index is 2.29. The molecule has 1 atom stereocenters. The van der Waals surface area contributed by atoms with Gasteiger partial charge in [0.2, 0.25) is 0 Å². The van der Waals surface area contributed by atoms with Gasteiger partial charge in [0.15, 0.2) is 0 Å². The van der Waals surface area contributed by atoms with Crippen molar-refractivity contribution in [3.63, 3.8) is 0 Å². The van der Waals surface area contributed by atoms with Crippen LogP contribution < -0.4 is 11.0 Å². The highest BCUT2D eigenvalue weighted by Crippen LogP contribution is 2.26. The summed E-state index contributed by atoms with van der Waals surface area (Å²) in [7, 11) is 0. The van der Waals surface area contributed by atoms with Crippen molar-refractivity contribution < 1.29 is 5.11 Å². The highest BCUT2D eigenvalue weighted by molar-refractivity contribution is 5.81. The Labute approximate surface area is 91.7 Å². The third kappa shape index (κ3) is 1.25. The molecule has 3 rings (SSSR count). The fourth-order valence-electron chi connectivity index (χ4n) is 2.37. The van der Waals surface area contributed by atoms with Gasteiger partial charge in [-0.2, -0.15) is 0 Å². The van der Waals surface area contributed by atoms with Gasteiger partial charge in [-0.3, -0.25) is 4.57 Å². The summed E-state index contributed by atoms with van der Waals surface area (Å²) in [5, 5.41) is 13.0. The highest BCUT2D eigenvalue weighted by atomic mass is 16.3. The molecule has 1 saturated heterocycles. The molecule has 1 aliphatic heterocycles. The Bertz CT molecular complexity index is 578. The molecular weight excluding hydrogens is 206 g/mol. The fraction of sp³-hybridized carbons (Fsp3) is 0.364. The summed E-state index contributed by atoms with van der Waals surface area (Å²) in [6, 6.07) is 5.27. The van der Waals surface area contributed by atoms with Crippen LogP contribution in [0.2, 0.25) is 0 Å². The van der Waals surface area contributed by atoms with Crippen molar-refractivity contribution in [3.05, 3.63) is 28.7 Å². The summed E-state index contributed by atoms with van der Waals surface area (Å²) in [6.45, 7) is 1.69. The number of benzene rings is 1. The topological polar surface area (TPSA) is 70.0 Å². The quantitative estimate of drug-likeness (QED) is 0.656. The Morgan fingerprint density at radius 1 is 1.44 bits per heavy atom. The number of para-hydroxylation sites is 1. The van der Waals surface area contributed by atoms with Crippen LogP contribution in [0.1, 0.15) is 12.5 Å². The van der Waals surface area contributed by atoms with E-state index in [0.717, 1.165) is 19.5 Å². The first kappa shape index (κ1) is 9.47. The van der Waals surface area contributed by atoms with Crippen molar-refractivity contribution >= 4 is 11.0 Å². The van der Waals surface area contributed by atoms with Crippen molar-refractivity contribution in [2.45, 2.75) is 12.5 Å². The SMILES string of the molecule is O=c1[nH]c2cccc(O)c2n1C1CCNC1. The lowest BCUT2D eigenvalue weighted by Gasteiger charge is -2.10. The lowest BCUT2D eigenvalue weighted by molar-refractivity contribution is 0.470. The van der Waals surface area contributed by atoms with Gasteiger partial charge in [0, 0.05) is 6.54 Å². The van der Waals surface area contributed by atoms with Gasteiger partial charge in [0.1, 0.15) is 11.3 Å². The zero-order valence-electron chi connectivity index (χ0n) is 8.73. The van der Waals surface area contributed by atoms with Crippen molar-refractivity contribution in [2.24, 2.45) is 0 Å². The molecule has 1 unspecified atom stereocenters. The van der Waals surface area contributed by atoms with Gasteiger partial charge in [0.05, 0.1) is 11.6 Å². The molecule has 1 aromatic carbocycles. The minimum Gasteiger partial charge on any atom is -0.506 e. The number of nitrogens with zero attached hydrogens (tertiary/aromatic N) is 1. The Morgan fingerprint density at radius 2 is 2.31 bits per heavy atom. The molecule has 3 N–H and O–H groups in total. The second kappa shape index (κ2) is 3.38.